The Hall–Kier alpha value is -1.43. The van der Waals surface area contributed by atoms with Crippen molar-refractivity contribution < 1.29 is 9.53 Å². The number of nitrogens with one attached hydrogen (secondary N) is 1. The quantitative estimate of drug-likeness (QED) is 0.595. The number of nitrogens with two attached hydrogens (primary N) is 1. The molecule has 0 aliphatic rings. The van der Waals surface area contributed by atoms with E-state index in [9.17, 15) is 4.79 Å². The van der Waals surface area contributed by atoms with Gasteiger partial charge in [0.15, 0.2) is 0 Å². The number of hydrogen-bond donors (Lipinski definition) is 2. The van der Waals surface area contributed by atoms with Gasteiger partial charge in [-0.15, -0.1) is 0 Å². The van der Waals surface area contributed by atoms with E-state index >= 15 is 0 Å². The molecule has 110 valence electrons. The molecular formula is C14H11BrCl2N2O2. The molecular weight excluding hydrogens is 379 g/mol. The van der Waals surface area contributed by atoms with Gasteiger partial charge < -0.3 is 15.8 Å². The first-order valence-electron chi connectivity index (χ1n) is 5.83. The molecule has 2 aromatic rings. The van der Waals surface area contributed by atoms with E-state index in [4.69, 9.17) is 33.7 Å². The minimum atomic E-state index is -0.397. The topological polar surface area (TPSA) is 64.3 Å². The van der Waals surface area contributed by atoms with Crippen molar-refractivity contribution in [1.29, 1.82) is 0 Å². The lowest BCUT2D eigenvalue weighted by atomic mass is 10.1. The second kappa shape index (κ2) is 6.56. The lowest BCUT2D eigenvalue weighted by molar-refractivity contribution is 0.102. The lowest BCUT2D eigenvalue weighted by Gasteiger charge is -2.12. The summed E-state index contributed by atoms with van der Waals surface area (Å²) in [7, 11) is 1.48. The average Bonchev–Trinajstić information content (AvgIpc) is 2.48. The largest absolute Gasteiger partial charge is 0.495 e. The van der Waals surface area contributed by atoms with Crippen LogP contribution in [-0.2, 0) is 0 Å². The molecule has 0 saturated heterocycles. The Bertz CT molecular complexity index is 708. The van der Waals surface area contributed by atoms with Gasteiger partial charge in [0.1, 0.15) is 5.75 Å². The van der Waals surface area contributed by atoms with E-state index < -0.39 is 5.91 Å². The highest BCUT2D eigenvalue weighted by Gasteiger charge is 2.16. The lowest BCUT2D eigenvalue weighted by Crippen LogP contribution is -2.14. The molecule has 1 amide bonds. The summed E-state index contributed by atoms with van der Waals surface area (Å²) in [5.74, 6) is 0.0364. The maximum Gasteiger partial charge on any atom is 0.257 e. The van der Waals surface area contributed by atoms with Gasteiger partial charge in [-0.25, -0.2) is 0 Å². The summed E-state index contributed by atoms with van der Waals surface area (Å²) in [5, 5.41) is 3.25. The number of methoxy groups -OCH3 is 1. The highest BCUT2D eigenvalue weighted by molar-refractivity contribution is 9.10. The summed E-state index contributed by atoms with van der Waals surface area (Å²) in [6.45, 7) is 0. The van der Waals surface area contributed by atoms with Gasteiger partial charge in [-0.05, 0) is 40.2 Å². The van der Waals surface area contributed by atoms with Crippen LogP contribution in [-0.4, -0.2) is 13.0 Å². The molecule has 3 N–H and O–H groups in total. The van der Waals surface area contributed by atoms with Gasteiger partial charge in [0.2, 0.25) is 0 Å². The summed E-state index contributed by atoms with van der Waals surface area (Å²) in [5.41, 5.74) is 6.84. The van der Waals surface area contributed by atoms with E-state index in [-0.39, 0.29) is 10.7 Å². The van der Waals surface area contributed by atoms with Crippen molar-refractivity contribution >= 4 is 56.4 Å². The number of anilines is 2. The minimum Gasteiger partial charge on any atom is -0.495 e. The number of nitrogen functional groups attached to an aromatic ring is 1. The number of amides is 1. The normalized spacial score (nSPS) is 10.3. The summed E-state index contributed by atoms with van der Waals surface area (Å²) in [6.07, 6.45) is 0. The highest BCUT2D eigenvalue weighted by Crippen LogP contribution is 2.36. The van der Waals surface area contributed by atoms with Gasteiger partial charge in [0, 0.05) is 4.47 Å². The third-order valence-electron chi connectivity index (χ3n) is 2.81. The van der Waals surface area contributed by atoms with Crippen LogP contribution < -0.4 is 15.8 Å². The monoisotopic (exact) mass is 388 g/mol. The molecule has 21 heavy (non-hydrogen) atoms. The van der Waals surface area contributed by atoms with Crippen LogP contribution >= 0.6 is 39.1 Å². The summed E-state index contributed by atoms with van der Waals surface area (Å²) in [4.78, 5) is 12.3. The Morgan fingerprint density at radius 3 is 2.62 bits per heavy atom. The van der Waals surface area contributed by atoms with Crippen LogP contribution in [0.25, 0.3) is 0 Å². The van der Waals surface area contributed by atoms with Crippen molar-refractivity contribution in [2.75, 3.05) is 18.2 Å². The predicted octanol–water partition coefficient (Wildman–Crippen LogP) is 4.60. The number of hydrogen-bond acceptors (Lipinski definition) is 3. The van der Waals surface area contributed by atoms with Crippen molar-refractivity contribution in [3.8, 4) is 5.75 Å². The molecule has 0 bridgehead atoms. The second-order valence-corrected chi connectivity index (χ2v) is 5.71. The number of rotatable bonds is 3. The van der Waals surface area contributed by atoms with Crippen LogP contribution in [0.4, 0.5) is 11.4 Å². The van der Waals surface area contributed by atoms with E-state index in [1.807, 2.05) is 0 Å². The first-order valence-corrected chi connectivity index (χ1v) is 7.38. The zero-order valence-electron chi connectivity index (χ0n) is 10.9. The summed E-state index contributed by atoms with van der Waals surface area (Å²) >= 11 is 15.4. The number of halogens is 3. The van der Waals surface area contributed by atoms with Gasteiger partial charge in [-0.3, -0.25) is 4.79 Å². The van der Waals surface area contributed by atoms with Crippen molar-refractivity contribution in [2.24, 2.45) is 0 Å². The fourth-order valence-corrected chi connectivity index (χ4v) is 2.55. The molecule has 0 atom stereocenters. The minimum absolute atomic E-state index is 0.251. The molecule has 0 aliphatic carbocycles. The van der Waals surface area contributed by atoms with E-state index in [2.05, 4.69) is 21.2 Å². The Labute approximate surface area is 140 Å². The van der Waals surface area contributed by atoms with Crippen LogP contribution in [0.15, 0.2) is 34.8 Å². The van der Waals surface area contributed by atoms with E-state index in [1.54, 1.807) is 30.3 Å². The summed E-state index contributed by atoms with van der Waals surface area (Å²) < 4.78 is 5.73. The van der Waals surface area contributed by atoms with Gasteiger partial charge >= 0.3 is 0 Å². The third-order valence-corrected chi connectivity index (χ3v) is 4.59. The van der Waals surface area contributed by atoms with E-state index in [0.29, 0.717) is 26.5 Å². The van der Waals surface area contributed by atoms with Crippen molar-refractivity contribution in [3.63, 3.8) is 0 Å². The maximum atomic E-state index is 12.3. The number of benzene rings is 2. The number of carbonyl (C=O) groups excluding carboxylic acids is 1. The standard InChI is InChI=1S/C14H11BrCl2N2O2/c1-21-10-4-2-3-7(13(10)18)14(20)19-9-6-5-8(15)11(16)12(9)17/h2-6H,18H2,1H3,(H,19,20). The van der Waals surface area contributed by atoms with Crippen LogP contribution in [0, 0.1) is 0 Å². The molecule has 0 heterocycles. The molecule has 0 radical (unpaired) electrons. The second-order valence-electron chi connectivity index (χ2n) is 4.10. The fraction of sp³-hybridized carbons (Fsp3) is 0.0714. The van der Waals surface area contributed by atoms with Crippen LogP contribution in [0.5, 0.6) is 5.75 Å². The molecule has 7 heteroatoms. The van der Waals surface area contributed by atoms with Gasteiger partial charge in [0.25, 0.3) is 5.91 Å². The van der Waals surface area contributed by atoms with E-state index in [0.717, 1.165) is 0 Å². The molecule has 0 aromatic heterocycles. The van der Waals surface area contributed by atoms with Crippen LogP contribution in [0.3, 0.4) is 0 Å². The molecule has 0 fully saturated rings. The fourth-order valence-electron chi connectivity index (χ4n) is 1.73. The smallest absolute Gasteiger partial charge is 0.257 e. The van der Waals surface area contributed by atoms with Gasteiger partial charge in [-0.1, -0.05) is 29.3 Å². The average molecular weight is 390 g/mol. The third kappa shape index (κ3) is 3.26. The van der Waals surface area contributed by atoms with E-state index in [1.165, 1.54) is 7.11 Å². The Kier molecular flexibility index (Phi) is 4.98. The molecule has 2 rings (SSSR count). The Balaban J connectivity index is 2.33. The number of carbonyl (C=O) groups is 1. The van der Waals surface area contributed by atoms with Crippen molar-refractivity contribution in [2.45, 2.75) is 0 Å². The molecule has 4 nitrogen and oxygen atoms in total. The number of ether oxygens (including phenoxy) is 1. The molecule has 0 aliphatic heterocycles. The Morgan fingerprint density at radius 2 is 1.95 bits per heavy atom. The molecule has 0 saturated carbocycles. The Morgan fingerprint density at radius 1 is 1.24 bits per heavy atom. The predicted molar refractivity (Wildman–Crippen MR) is 89.5 cm³/mol. The first kappa shape index (κ1) is 15.9. The summed E-state index contributed by atoms with van der Waals surface area (Å²) in [6, 6.07) is 8.29. The van der Waals surface area contributed by atoms with Crippen molar-refractivity contribution in [3.05, 3.63) is 50.4 Å². The first-order chi connectivity index (χ1) is 9.95. The SMILES string of the molecule is COc1cccc(C(=O)Nc2ccc(Br)c(Cl)c2Cl)c1N. The van der Waals surface area contributed by atoms with Crippen molar-refractivity contribution in [1.82, 2.24) is 0 Å². The zero-order valence-corrected chi connectivity index (χ0v) is 14.0. The van der Waals surface area contributed by atoms with Crippen LogP contribution in [0.2, 0.25) is 10.0 Å². The molecule has 0 spiro atoms. The maximum absolute atomic E-state index is 12.3. The van der Waals surface area contributed by atoms with Gasteiger partial charge in [0.05, 0.1) is 34.1 Å². The highest BCUT2D eigenvalue weighted by atomic mass is 79.9. The zero-order chi connectivity index (χ0) is 15.6. The molecule has 2 aromatic carbocycles. The van der Waals surface area contributed by atoms with Crippen LogP contribution in [0.1, 0.15) is 10.4 Å². The molecule has 0 unspecified atom stereocenters. The number of para-hydroxylation sites is 1. The van der Waals surface area contributed by atoms with Gasteiger partial charge in [-0.2, -0.15) is 0 Å².